The van der Waals surface area contributed by atoms with Gasteiger partial charge >= 0.3 is 0 Å². The van der Waals surface area contributed by atoms with Crippen LogP contribution in [0.2, 0.25) is 0 Å². The van der Waals surface area contributed by atoms with Gasteiger partial charge in [-0.05, 0) is 43.7 Å². The molecule has 29 heavy (non-hydrogen) atoms. The van der Waals surface area contributed by atoms with Crippen LogP contribution in [-0.4, -0.2) is 50.9 Å². The second kappa shape index (κ2) is 7.25. The van der Waals surface area contributed by atoms with Crippen molar-refractivity contribution < 1.29 is 4.74 Å². The summed E-state index contributed by atoms with van der Waals surface area (Å²) in [5.74, 6) is 0.919. The Kier molecular flexibility index (Phi) is 4.44. The van der Waals surface area contributed by atoms with E-state index >= 15 is 0 Å². The molecule has 4 aromatic heterocycles. The predicted molar refractivity (Wildman–Crippen MR) is 113 cm³/mol. The van der Waals surface area contributed by atoms with E-state index in [1.54, 1.807) is 6.20 Å². The number of hydrogen-bond acceptors (Lipinski definition) is 6. The molecule has 0 aromatic carbocycles. The minimum Gasteiger partial charge on any atom is -0.377 e. The molecule has 7 nitrogen and oxygen atoms in total. The molecule has 1 saturated heterocycles. The predicted octanol–water partition coefficient (Wildman–Crippen LogP) is 3.62. The molecule has 0 radical (unpaired) electrons. The number of fused-ring (bicyclic) bond motifs is 1. The number of morpholine rings is 1. The van der Waals surface area contributed by atoms with Gasteiger partial charge in [-0.3, -0.25) is 15.1 Å². The largest absolute Gasteiger partial charge is 0.377 e. The fourth-order valence-electron chi connectivity index (χ4n) is 3.90. The maximum atomic E-state index is 5.63. The summed E-state index contributed by atoms with van der Waals surface area (Å²) in [5, 5.41) is 8.14. The van der Waals surface area contributed by atoms with Gasteiger partial charge in [-0.25, -0.2) is 4.98 Å². The lowest BCUT2D eigenvalue weighted by atomic mass is 10.0. The number of nitrogens with zero attached hydrogens (tertiary/aromatic N) is 5. The first-order valence-corrected chi connectivity index (χ1v) is 9.78. The average Bonchev–Trinajstić information content (AvgIpc) is 3.28. The third kappa shape index (κ3) is 3.13. The summed E-state index contributed by atoms with van der Waals surface area (Å²) in [5.41, 5.74) is 5.62. The molecule has 1 unspecified atom stereocenters. The van der Waals surface area contributed by atoms with E-state index in [9.17, 15) is 0 Å². The maximum absolute atomic E-state index is 5.63. The van der Waals surface area contributed by atoms with E-state index in [0.29, 0.717) is 13.2 Å². The normalized spacial score (nSPS) is 17.0. The third-order valence-electron chi connectivity index (χ3n) is 5.40. The average molecular weight is 386 g/mol. The first kappa shape index (κ1) is 17.8. The van der Waals surface area contributed by atoms with Crippen LogP contribution in [0.1, 0.15) is 12.5 Å². The number of aromatic nitrogens is 5. The Morgan fingerprint density at radius 3 is 2.79 bits per heavy atom. The van der Waals surface area contributed by atoms with Crippen molar-refractivity contribution in [3.63, 3.8) is 0 Å². The summed E-state index contributed by atoms with van der Waals surface area (Å²) >= 11 is 0. The van der Waals surface area contributed by atoms with E-state index in [1.807, 2.05) is 30.6 Å². The minimum absolute atomic E-state index is 0.249. The summed E-state index contributed by atoms with van der Waals surface area (Å²) in [4.78, 5) is 16.7. The van der Waals surface area contributed by atoms with Crippen molar-refractivity contribution in [1.82, 2.24) is 25.1 Å². The maximum Gasteiger partial charge on any atom is 0.130 e. The molecule has 0 saturated carbocycles. The topological polar surface area (TPSA) is 79.8 Å². The number of nitrogens with one attached hydrogen (secondary N) is 1. The fourth-order valence-corrected chi connectivity index (χ4v) is 3.90. The van der Waals surface area contributed by atoms with Gasteiger partial charge in [-0.2, -0.15) is 5.10 Å². The summed E-state index contributed by atoms with van der Waals surface area (Å²) < 4.78 is 5.63. The van der Waals surface area contributed by atoms with Crippen LogP contribution in [-0.2, 0) is 4.74 Å². The summed E-state index contributed by atoms with van der Waals surface area (Å²) in [7, 11) is 0. The lowest BCUT2D eigenvalue weighted by Crippen LogP contribution is -2.44. The molecule has 1 fully saturated rings. The van der Waals surface area contributed by atoms with Crippen molar-refractivity contribution in [2.75, 3.05) is 24.7 Å². The number of hydrogen-bond donors (Lipinski definition) is 1. The van der Waals surface area contributed by atoms with Crippen LogP contribution < -0.4 is 4.90 Å². The molecule has 1 N–H and O–H groups in total. The first-order chi connectivity index (χ1) is 14.2. The molecule has 1 aliphatic rings. The highest BCUT2D eigenvalue weighted by Crippen LogP contribution is 2.35. The molecular weight excluding hydrogens is 364 g/mol. The van der Waals surface area contributed by atoms with Crippen molar-refractivity contribution in [2.45, 2.75) is 19.9 Å². The summed E-state index contributed by atoms with van der Waals surface area (Å²) in [6, 6.07) is 10.4. The van der Waals surface area contributed by atoms with Crippen molar-refractivity contribution in [2.24, 2.45) is 0 Å². The van der Waals surface area contributed by atoms with Crippen LogP contribution >= 0.6 is 0 Å². The zero-order valence-corrected chi connectivity index (χ0v) is 16.5. The summed E-state index contributed by atoms with van der Waals surface area (Å²) in [6.07, 6.45) is 5.38. The van der Waals surface area contributed by atoms with Crippen LogP contribution in [0.3, 0.4) is 0 Å². The number of H-pyrrole nitrogens is 1. The molecule has 146 valence electrons. The zero-order valence-electron chi connectivity index (χ0n) is 16.5. The monoisotopic (exact) mass is 386 g/mol. The third-order valence-corrected chi connectivity index (χ3v) is 5.40. The number of anilines is 1. The first-order valence-electron chi connectivity index (χ1n) is 9.78. The van der Waals surface area contributed by atoms with E-state index < -0.39 is 0 Å². The van der Waals surface area contributed by atoms with Crippen LogP contribution in [0.15, 0.2) is 48.9 Å². The highest BCUT2D eigenvalue weighted by atomic mass is 16.5. The van der Waals surface area contributed by atoms with Crippen molar-refractivity contribution in [3.8, 4) is 22.6 Å². The molecule has 1 aliphatic heterocycles. The van der Waals surface area contributed by atoms with Gasteiger partial charge in [-0.1, -0.05) is 6.07 Å². The SMILES string of the molecule is Cc1cccnc1-c1cc(N2CCOCC2C)nc2c(-c3ccn[nH]3)nccc12. The Morgan fingerprint density at radius 2 is 2.00 bits per heavy atom. The van der Waals surface area contributed by atoms with Crippen LogP contribution in [0.25, 0.3) is 33.5 Å². The fraction of sp³-hybridized carbons (Fsp3) is 0.273. The molecule has 0 spiro atoms. The Labute approximate surface area is 168 Å². The molecular formula is C22H22N6O. The lowest BCUT2D eigenvalue weighted by molar-refractivity contribution is 0.0986. The second-order valence-electron chi connectivity index (χ2n) is 7.34. The van der Waals surface area contributed by atoms with Gasteiger partial charge in [0.1, 0.15) is 17.0 Å². The molecule has 5 heterocycles. The van der Waals surface area contributed by atoms with Gasteiger partial charge in [0, 0.05) is 36.1 Å². The van der Waals surface area contributed by atoms with Crippen molar-refractivity contribution in [3.05, 3.63) is 54.5 Å². The van der Waals surface area contributed by atoms with Gasteiger partial charge in [0.05, 0.1) is 30.6 Å². The molecule has 0 aliphatic carbocycles. The quantitative estimate of drug-likeness (QED) is 0.579. The van der Waals surface area contributed by atoms with E-state index in [-0.39, 0.29) is 6.04 Å². The van der Waals surface area contributed by atoms with Crippen molar-refractivity contribution in [1.29, 1.82) is 0 Å². The Bertz CT molecular complexity index is 1160. The smallest absolute Gasteiger partial charge is 0.130 e. The number of ether oxygens (including phenoxy) is 1. The van der Waals surface area contributed by atoms with Crippen molar-refractivity contribution >= 4 is 16.7 Å². The van der Waals surface area contributed by atoms with E-state index in [0.717, 1.165) is 51.5 Å². The van der Waals surface area contributed by atoms with Crippen LogP contribution in [0.4, 0.5) is 5.82 Å². The highest BCUT2D eigenvalue weighted by molar-refractivity contribution is 6.01. The number of rotatable bonds is 3. The molecule has 5 rings (SSSR count). The Balaban J connectivity index is 1.80. The lowest BCUT2D eigenvalue weighted by Gasteiger charge is -2.34. The number of aromatic amines is 1. The second-order valence-corrected chi connectivity index (χ2v) is 7.34. The van der Waals surface area contributed by atoms with Gasteiger partial charge in [0.2, 0.25) is 0 Å². The van der Waals surface area contributed by atoms with Gasteiger partial charge in [-0.15, -0.1) is 0 Å². The zero-order chi connectivity index (χ0) is 19.8. The number of pyridine rings is 3. The summed E-state index contributed by atoms with van der Waals surface area (Å²) in [6.45, 7) is 6.44. The van der Waals surface area contributed by atoms with E-state index in [2.05, 4.69) is 51.0 Å². The van der Waals surface area contributed by atoms with E-state index in [4.69, 9.17) is 9.72 Å². The minimum atomic E-state index is 0.249. The van der Waals surface area contributed by atoms with E-state index in [1.165, 1.54) is 0 Å². The number of aryl methyl sites for hydroxylation is 1. The molecule has 1 atom stereocenters. The van der Waals surface area contributed by atoms with Crippen LogP contribution in [0, 0.1) is 6.92 Å². The van der Waals surface area contributed by atoms with Gasteiger partial charge in [0.25, 0.3) is 0 Å². The molecule has 7 heteroatoms. The highest BCUT2D eigenvalue weighted by Gasteiger charge is 2.23. The van der Waals surface area contributed by atoms with Gasteiger partial charge in [0.15, 0.2) is 0 Å². The Morgan fingerprint density at radius 1 is 1.10 bits per heavy atom. The molecule has 4 aromatic rings. The molecule has 0 amide bonds. The van der Waals surface area contributed by atoms with Gasteiger partial charge < -0.3 is 9.64 Å². The van der Waals surface area contributed by atoms with Crippen LogP contribution in [0.5, 0.6) is 0 Å². The standard InChI is InChI=1S/C22H22N6O/c1-14-4-3-7-23-20(14)17-12-19(28-10-11-29-13-15(28)2)26-21-16(17)5-8-24-22(21)18-6-9-25-27-18/h3-9,12,15H,10-11,13H2,1-2H3,(H,25,27). The Hall–Kier alpha value is -3.32. The molecule has 0 bridgehead atoms.